The van der Waals surface area contributed by atoms with Crippen molar-refractivity contribution in [2.24, 2.45) is 0 Å². The van der Waals surface area contributed by atoms with Gasteiger partial charge in [-0.15, -0.1) is 0 Å². The van der Waals surface area contributed by atoms with Crippen molar-refractivity contribution in [1.29, 1.82) is 0 Å². The third-order valence-corrected chi connectivity index (χ3v) is 6.13. The Morgan fingerprint density at radius 2 is 1.96 bits per heavy atom. The first-order chi connectivity index (χ1) is 10.8. The number of rotatable bonds is 2. The summed E-state index contributed by atoms with van der Waals surface area (Å²) in [6, 6.07) is 8.54. The van der Waals surface area contributed by atoms with Crippen molar-refractivity contribution in [1.82, 2.24) is 4.90 Å². The molecule has 5 nitrogen and oxygen atoms in total. The van der Waals surface area contributed by atoms with Gasteiger partial charge in [0.25, 0.3) is 0 Å². The van der Waals surface area contributed by atoms with Crippen LogP contribution in [0.2, 0.25) is 0 Å². The molecule has 1 aliphatic heterocycles. The number of hydrogen-bond acceptors (Lipinski definition) is 4. The van der Waals surface area contributed by atoms with E-state index in [1.165, 1.54) is 4.90 Å². The summed E-state index contributed by atoms with van der Waals surface area (Å²) in [5.74, 6) is -0.123. The predicted octanol–water partition coefficient (Wildman–Crippen LogP) is 2.86. The molecule has 23 heavy (non-hydrogen) atoms. The minimum Gasteiger partial charge on any atom is -0.444 e. The lowest BCUT2D eigenvalue weighted by molar-refractivity contribution is -0.120. The van der Waals surface area contributed by atoms with E-state index in [2.05, 4.69) is 0 Å². The van der Waals surface area contributed by atoms with E-state index >= 15 is 0 Å². The Bertz CT molecular complexity index is 667. The molecule has 2 aliphatic rings. The van der Waals surface area contributed by atoms with Gasteiger partial charge in [-0.3, -0.25) is 13.9 Å². The number of amides is 1. The first-order valence-electron chi connectivity index (χ1n) is 7.81. The molecule has 1 aromatic carbocycles. The Labute approximate surface area is 138 Å². The van der Waals surface area contributed by atoms with Crippen molar-refractivity contribution in [2.45, 2.75) is 61.4 Å². The van der Waals surface area contributed by atoms with Gasteiger partial charge < -0.3 is 4.74 Å². The molecule has 1 aromatic rings. The van der Waals surface area contributed by atoms with Crippen LogP contribution in [-0.4, -0.2) is 37.5 Å². The third kappa shape index (κ3) is 2.59. The minimum absolute atomic E-state index is 0.123. The summed E-state index contributed by atoms with van der Waals surface area (Å²) in [7, 11) is -1.59. The number of benzene rings is 1. The highest BCUT2D eigenvalue weighted by Gasteiger charge is 2.75. The van der Waals surface area contributed by atoms with Crippen molar-refractivity contribution in [3.05, 3.63) is 30.3 Å². The fourth-order valence-corrected chi connectivity index (χ4v) is 5.09. The molecule has 1 amide bonds. The maximum absolute atomic E-state index is 13.1. The van der Waals surface area contributed by atoms with Crippen LogP contribution in [0.5, 0.6) is 0 Å². The maximum atomic E-state index is 13.1. The molecule has 0 N–H and O–H groups in total. The second-order valence-electron chi connectivity index (χ2n) is 6.96. The Morgan fingerprint density at radius 3 is 2.57 bits per heavy atom. The van der Waals surface area contributed by atoms with Gasteiger partial charge in [0, 0.05) is 11.3 Å². The van der Waals surface area contributed by atoms with Crippen LogP contribution in [0.4, 0.5) is 4.79 Å². The average molecular weight is 335 g/mol. The smallest absolute Gasteiger partial charge is 0.412 e. The summed E-state index contributed by atoms with van der Waals surface area (Å²) in [5, 5.41) is 0. The normalized spacial score (nSPS) is 28.0. The van der Waals surface area contributed by atoms with Gasteiger partial charge in [0.1, 0.15) is 5.60 Å². The summed E-state index contributed by atoms with van der Waals surface area (Å²) in [4.78, 5) is 25.8. The lowest BCUT2D eigenvalue weighted by Gasteiger charge is -2.22. The van der Waals surface area contributed by atoms with Crippen LogP contribution in [0.3, 0.4) is 0 Å². The second-order valence-corrected chi connectivity index (χ2v) is 8.59. The van der Waals surface area contributed by atoms with Crippen molar-refractivity contribution in [2.75, 3.05) is 0 Å². The zero-order valence-electron chi connectivity index (χ0n) is 13.6. The standard InChI is InChI=1S/C17H21NO4S/c1-16(2,3)22-15(20)18-13-10-7-11-14(19)17(13,18)23(21)12-8-5-4-6-9-12/h4-6,8-9,13H,7,10-11H2,1-3H3/t13-,17+,18?,23-/m1/s1. The van der Waals surface area contributed by atoms with Crippen molar-refractivity contribution >= 4 is 22.7 Å². The molecule has 1 heterocycles. The largest absolute Gasteiger partial charge is 0.444 e. The average Bonchev–Trinajstić information content (AvgIpc) is 3.17. The van der Waals surface area contributed by atoms with Gasteiger partial charge in [-0.2, -0.15) is 0 Å². The SMILES string of the molecule is CC(C)(C)OC(=O)N1[C@@H]2CCCC(=O)[C@@]21[S@](=O)c1ccccc1. The van der Waals surface area contributed by atoms with Crippen LogP contribution in [-0.2, 0) is 20.3 Å². The van der Waals surface area contributed by atoms with E-state index in [9.17, 15) is 13.8 Å². The molecule has 0 aromatic heterocycles. The summed E-state index contributed by atoms with van der Waals surface area (Å²) >= 11 is 0. The molecule has 1 saturated heterocycles. The van der Waals surface area contributed by atoms with E-state index in [0.29, 0.717) is 17.7 Å². The topological polar surface area (TPSA) is 63.5 Å². The number of carbonyl (C=O) groups is 2. The van der Waals surface area contributed by atoms with Gasteiger partial charge in [-0.25, -0.2) is 4.79 Å². The quantitative estimate of drug-likeness (QED) is 0.780. The Morgan fingerprint density at radius 1 is 1.30 bits per heavy atom. The summed E-state index contributed by atoms with van der Waals surface area (Å²) in [5.41, 5.74) is -0.651. The fourth-order valence-electron chi connectivity index (χ4n) is 3.22. The summed E-state index contributed by atoms with van der Waals surface area (Å²) in [6.45, 7) is 5.34. The van der Waals surface area contributed by atoms with Gasteiger partial charge in [0.05, 0.1) is 16.8 Å². The molecule has 0 radical (unpaired) electrons. The second kappa shape index (κ2) is 5.44. The van der Waals surface area contributed by atoms with Crippen LogP contribution >= 0.6 is 0 Å². The van der Waals surface area contributed by atoms with Crippen LogP contribution < -0.4 is 0 Å². The van der Waals surface area contributed by atoms with Gasteiger partial charge in [0.15, 0.2) is 5.78 Å². The number of carbonyl (C=O) groups excluding carboxylic acids is 2. The van der Waals surface area contributed by atoms with Gasteiger partial charge in [0.2, 0.25) is 4.87 Å². The number of nitrogens with zero attached hydrogens (tertiary/aromatic N) is 1. The zero-order valence-corrected chi connectivity index (χ0v) is 14.4. The molecule has 6 heteroatoms. The van der Waals surface area contributed by atoms with E-state index in [1.54, 1.807) is 45.0 Å². The lowest BCUT2D eigenvalue weighted by atomic mass is 9.99. The van der Waals surface area contributed by atoms with Crippen LogP contribution in [0, 0.1) is 0 Å². The van der Waals surface area contributed by atoms with E-state index in [0.717, 1.165) is 6.42 Å². The molecule has 124 valence electrons. The van der Waals surface area contributed by atoms with Crippen LogP contribution in [0.1, 0.15) is 40.0 Å². The summed E-state index contributed by atoms with van der Waals surface area (Å²) in [6.07, 6.45) is 1.20. The van der Waals surface area contributed by atoms with E-state index in [4.69, 9.17) is 4.74 Å². The predicted molar refractivity (Wildman–Crippen MR) is 86.3 cm³/mol. The molecule has 3 atom stereocenters. The van der Waals surface area contributed by atoms with Crippen LogP contribution in [0.15, 0.2) is 35.2 Å². The van der Waals surface area contributed by atoms with E-state index in [-0.39, 0.29) is 11.8 Å². The fraction of sp³-hybridized carbons (Fsp3) is 0.529. The monoisotopic (exact) mass is 335 g/mol. The molecule has 3 rings (SSSR count). The minimum atomic E-state index is -1.59. The first kappa shape index (κ1) is 16.2. The van der Waals surface area contributed by atoms with Gasteiger partial charge in [-0.05, 0) is 45.7 Å². The Hall–Kier alpha value is -1.69. The third-order valence-electron chi connectivity index (χ3n) is 4.16. The number of ether oxygens (including phenoxy) is 1. The highest BCUT2D eigenvalue weighted by atomic mass is 32.2. The van der Waals surface area contributed by atoms with Gasteiger partial charge >= 0.3 is 6.09 Å². The summed E-state index contributed by atoms with van der Waals surface area (Å²) < 4.78 is 18.5. The number of ketones is 1. The van der Waals surface area contributed by atoms with E-state index < -0.39 is 27.4 Å². The number of Topliss-reactive ketones (excluding diaryl/α,β-unsaturated/α-hetero) is 1. The van der Waals surface area contributed by atoms with E-state index in [1.807, 2.05) is 6.07 Å². The number of hydrogen-bond donors (Lipinski definition) is 0. The van der Waals surface area contributed by atoms with Crippen LogP contribution in [0.25, 0.3) is 0 Å². The number of likely N-dealkylation sites (tertiary alicyclic amines) is 1. The lowest BCUT2D eigenvalue weighted by Crippen LogP contribution is -2.40. The van der Waals surface area contributed by atoms with Gasteiger partial charge in [-0.1, -0.05) is 18.2 Å². The molecule has 1 aliphatic carbocycles. The number of fused-ring (bicyclic) bond motifs is 1. The van der Waals surface area contributed by atoms with Crippen molar-refractivity contribution < 1.29 is 18.5 Å². The van der Waals surface area contributed by atoms with Crippen molar-refractivity contribution in [3.63, 3.8) is 0 Å². The maximum Gasteiger partial charge on any atom is 0.412 e. The first-order valence-corrected chi connectivity index (χ1v) is 8.96. The Kier molecular flexibility index (Phi) is 3.83. The highest BCUT2D eigenvalue weighted by molar-refractivity contribution is 7.87. The zero-order chi connectivity index (χ0) is 16.8. The molecule has 2 fully saturated rings. The molecule has 0 bridgehead atoms. The Balaban J connectivity index is 1.95. The molecule has 1 saturated carbocycles. The molecular weight excluding hydrogens is 314 g/mol. The molecular formula is C17H21NO4S. The molecule has 0 spiro atoms. The highest BCUT2D eigenvalue weighted by Crippen LogP contribution is 2.53. The molecule has 0 unspecified atom stereocenters. The van der Waals surface area contributed by atoms with Crippen molar-refractivity contribution in [3.8, 4) is 0 Å².